The van der Waals surface area contributed by atoms with E-state index in [-0.39, 0.29) is 29.0 Å². The van der Waals surface area contributed by atoms with Crippen molar-refractivity contribution in [3.8, 4) is 11.3 Å². The minimum Gasteiger partial charge on any atom is -0.343 e. The van der Waals surface area contributed by atoms with Crippen molar-refractivity contribution in [3.63, 3.8) is 0 Å². The van der Waals surface area contributed by atoms with Gasteiger partial charge in [-0.1, -0.05) is 36.4 Å². The molecule has 2 aromatic heterocycles. The Bertz CT molecular complexity index is 1880. The van der Waals surface area contributed by atoms with Crippen molar-refractivity contribution in [1.82, 2.24) is 14.3 Å². The summed E-state index contributed by atoms with van der Waals surface area (Å²) in [7, 11) is 0. The summed E-state index contributed by atoms with van der Waals surface area (Å²) < 4.78 is 101. The first-order chi connectivity index (χ1) is 19.1. The number of fused-ring (bicyclic) bond motifs is 2. The molecule has 40 heavy (non-hydrogen) atoms. The fourth-order valence-electron chi connectivity index (χ4n) is 4.97. The Labute approximate surface area is 222 Å². The van der Waals surface area contributed by atoms with Crippen LogP contribution in [-0.4, -0.2) is 14.3 Å². The van der Waals surface area contributed by atoms with Crippen LogP contribution in [0.2, 0.25) is 0 Å². The van der Waals surface area contributed by atoms with E-state index in [2.05, 4.69) is 5.10 Å². The van der Waals surface area contributed by atoms with Crippen molar-refractivity contribution >= 4 is 21.8 Å². The van der Waals surface area contributed by atoms with Gasteiger partial charge in [-0.3, -0.25) is 4.68 Å². The zero-order valence-electron chi connectivity index (χ0n) is 20.5. The molecule has 0 radical (unpaired) electrons. The van der Waals surface area contributed by atoms with E-state index in [0.29, 0.717) is 28.6 Å². The summed E-state index contributed by atoms with van der Waals surface area (Å²) in [4.78, 5) is 0. The first-order valence-electron chi connectivity index (χ1n) is 12.1. The number of rotatable bonds is 5. The molecule has 4 aromatic carbocycles. The summed E-state index contributed by atoms with van der Waals surface area (Å²) in [6.45, 7) is -0.319. The van der Waals surface area contributed by atoms with Crippen LogP contribution in [0.5, 0.6) is 0 Å². The maximum atomic E-state index is 14.5. The van der Waals surface area contributed by atoms with Gasteiger partial charge in [-0.25, -0.2) is 17.6 Å². The SMILES string of the molecule is Fc1cc(F)c(Cn2nc3c(C(F)(F)F)cccc3c2-c2ccc3c(ccn3Cc3ccccc3F)c2)c(F)c1. The normalized spacial score (nSPS) is 12.1. The predicted molar refractivity (Wildman–Crippen MR) is 137 cm³/mol. The van der Waals surface area contributed by atoms with Crippen molar-refractivity contribution in [3.05, 3.63) is 125 Å². The molecule has 0 aliphatic heterocycles. The van der Waals surface area contributed by atoms with Crippen LogP contribution in [0.25, 0.3) is 33.1 Å². The minimum atomic E-state index is -4.73. The molecule has 0 N–H and O–H groups in total. The van der Waals surface area contributed by atoms with E-state index in [4.69, 9.17) is 0 Å². The van der Waals surface area contributed by atoms with Gasteiger partial charge in [-0.05, 0) is 30.3 Å². The Hall–Kier alpha value is -4.60. The lowest BCUT2D eigenvalue weighted by Gasteiger charge is -2.11. The Kier molecular flexibility index (Phi) is 6.13. The van der Waals surface area contributed by atoms with Crippen LogP contribution in [0.3, 0.4) is 0 Å². The average molecular weight is 553 g/mol. The lowest BCUT2D eigenvalue weighted by Crippen LogP contribution is -2.09. The van der Waals surface area contributed by atoms with Crippen molar-refractivity contribution < 1.29 is 30.7 Å². The highest BCUT2D eigenvalue weighted by atomic mass is 19.4. The fraction of sp³-hybridized carbons (Fsp3) is 0.100. The minimum absolute atomic E-state index is 0.128. The summed E-state index contributed by atoms with van der Waals surface area (Å²) in [5.74, 6) is -3.83. The maximum Gasteiger partial charge on any atom is 0.418 e. The Morgan fingerprint density at radius 3 is 2.20 bits per heavy atom. The van der Waals surface area contributed by atoms with Gasteiger partial charge in [0.1, 0.15) is 28.8 Å². The van der Waals surface area contributed by atoms with E-state index >= 15 is 0 Å². The third-order valence-electron chi connectivity index (χ3n) is 6.83. The van der Waals surface area contributed by atoms with Crippen molar-refractivity contribution in [2.45, 2.75) is 19.3 Å². The topological polar surface area (TPSA) is 22.8 Å². The van der Waals surface area contributed by atoms with Crippen LogP contribution in [0.4, 0.5) is 30.7 Å². The third-order valence-corrected chi connectivity index (χ3v) is 6.83. The molecule has 10 heteroatoms. The zero-order chi connectivity index (χ0) is 28.2. The number of benzene rings is 4. The second kappa shape index (κ2) is 9.55. The van der Waals surface area contributed by atoms with E-state index in [0.717, 1.165) is 16.3 Å². The lowest BCUT2D eigenvalue weighted by molar-refractivity contribution is -0.136. The summed E-state index contributed by atoms with van der Waals surface area (Å²) >= 11 is 0. The van der Waals surface area contributed by atoms with Gasteiger partial charge >= 0.3 is 6.18 Å². The highest BCUT2D eigenvalue weighted by Crippen LogP contribution is 2.39. The first kappa shape index (κ1) is 25.7. The van der Waals surface area contributed by atoms with Gasteiger partial charge in [0, 0.05) is 51.3 Å². The largest absolute Gasteiger partial charge is 0.418 e. The lowest BCUT2D eigenvalue weighted by atomic mass is 10.0. The van der Waals surface area contributed by atoms with Gasteiger partial charge in [0.2, 0.25) is 0 Å². The first-order valence-corrected chi connectivity index (χ1v) is 12.1. The van der Waals surface area contributed by atoms with Crippen molar-refractivity contribution in [2.75, 3.05) is 0 Å². The van der Waals surface area contributed by atoms with Gasteiger partial charge in [-0.15, -0.1) is 0 Å². The monoisotopic (exact) mass is 553 g/mol. The molecule has 2 heterocycles. The molecule has 0 amide bonds. The highest BCUT2D eigenvalue weighted by molar-refractivity contribution is 5.97. The highest BCUT2D eigenvalue weighted by Gasteiger charge is 2.34. The van der Waals surface area contributed by atoms with Crippen molar-refractivity contribution in [2.24, 2.45) is 0 Å². The van der Waals surface area contributed by atoms with E-state index in [1.807, 2.05) is 4.57 Å². The molecule has 202 valence electrons. The van der Waals surface area contributed by atoms with Crippen molar-refractivity contribution in [1.29, 1.82) is 0 Å². The predicted octanol–water partition coefficient (Wildman–Crippen LogP) is 8.33. The second-order valence-corrected chi connectivity index (χ2v) is 9.36. The summed E-state index contributed by atoms with van der Waals surface area (Å²) in [6.07, 6.45) is -2.96. The van der Waals surface area contributed by atoms with Crippen LogP contribution in [0.1, 0.15) is 16.7 Å². The van der Waals surface area contributed by atoms with Crippen LogP contribution >= 0.6 is 0 Å². The van der Waals surface area contributed by atoms with E-state index in [1.54, 1.807) is 48.7 Å². The molecule has 0 atom stereocenters. The molecule has 0 spiro atoms. The van der Waals surface area contributed by atoms with Gasteiger partial charge in [-0.2, -0.15) is 18.3 Å². The standard InChI is InChI=1S/C30H18F7N3/c31-20-13-25(33)22(26(34)14-20)16-40-29(21-5-3-6-23(28(21)38-40)30(35,36)37)18-8-9-27-17(12-18)10-11-39(27)15-19-4-1-2-7-24(19)32/h1-14H,15-16H2. The van der Waals surface area contributed by atoms with Crippen LogP contribution in [0, 0.1) is 23.3 Å². The molecule has 0 aliphatic carbocycles. The smallest absolute Gasteiger partial charge is 0.343 e. The number of nitrogens with zero attached hydrogens (tertiary/aromatic N) is 3. The van der Waals surface area contributed by atoms with Crippen LogP contribution < -0.4 is 0 Å². The average Bonchev–Trinajstić information content (AvgIpc) is 3.47. The Morgan fingerprint density at radius 1 is 0.725 bits per heavy atom. The molecular formula is C30H18F7N3. The van der Waals surface area contributed by atoms with E-state index < -0.39 is 41.3 Å². The number of halogens is 7. The molecule has 6 rings (SSSR count). The summed E-state index contributed by atoms with van der Waals surface area (Å²) in [5.41, 5.74) is -0.0486. The quantitative estimate of drug-likeness (QED) is 0.197. The van der Waals surface area contributed by atoms with Gasteiger partial charge < -0.3 is 4.57 Å². The third kappa shape index (κ3) is 4.49. The maximum absolute atomic E-state index is 14.5. The number of aromatic nitrogens is 3. The number of hydrogen-bond acceptors (Lipinski definition) is 1. The number of hydrogen-bond donors (Lipinski definition) is 0. The number of alkyl halides is 3. The fourth-order valence-corrected chi connectivity index (χ4v) is 4.97. The van der Waals surface area contributed by atoms with Gasteiger partial charge in [0.15, 0.2) is 0 Å². The molecule has 6 aromatic rings. The van der Waals surface area contributed by atoms with E-state index in [1.165, 1.54) is 18.2 Å². The summed E-state index contributed by atoms with van der Waals surface area (Å²) in [6, 6.07) is 17.9. The second-order valence-electron chi connectivity index (χ2n) is 9.36. The van der Waals surface area contributed by atoms with Crippen LogP contribution in [0.15, 0.2) is 85.1 Å². The van der Waals surface area contributed by atoms with Gasteiger partial charge in [0.25, 0.3) is 0 Å². The molecule has 0 unspecified atom stereocenters. The Balaban J connectivity index is 1.51. The molecule has 0 fully saturated rings. The molecule has 0 saturated heterocycles. The van der Waals surface area contributed by atoms with Crippen LogP contribution in [-0.2, 0) is 19.3 Å². The molecule has 0 saturated carbocycles. The molecule has 0 aliphatic rings. The molecule has 3 nitrogen and oxygen atoms in total. The molecular weight excluding hydrogens is 535 g/mol. The van der Waals surface area contributed by atoms with Gasteiger partial charge in [0.05, 0.1) is 24.3 Å². The summed E-state index contributed by atoms with van der Waals surface area (Å²) in [5, 5.41) is 4.97. The Morgan fingerprint density at radius 2 is 1.48 bits per heavy atom. The van der Waals surface area contributed by atoms with E-state index in [9.17, 15) is 30.7 Å². The molecule has 0 bridgehead atoms. The zero-order valence-corrected chi connectivity index (χ0v) is 20.5.